The van der Waals surface area contributed by atoms with E-state index in [1.165, 1.54) is 0 Å². The van der Waals surface area contributed by atoms with Crippen LogP contribution in [0, 0.1) is 6.92 Å². The monoisotopic (exact) mass is 122 g/mol. The van der Waals surface area contributed by atoms with Gasteiger partial charge in [0.2, 0.25) is 0 Å². The molecule has 5 heavy (non-hydrogen) atoms. The fraction of sp³-hybridized carbons (Fsp3) is 0.500. The average molecular weight is 123 g/mol. The molecular formula is C2H7CuN2. The number of rotatable bonds is 0. The van der Waals surface area contributed by atoms with Crippen LogP contribution in [-0.4, -0.2) is 6.17 Å². The molecular weight excluding hydrogens is 116 g/mol. The van der Waals surface area contributed by atoms with Crippen molar-refractivity contribution in [2.75, 3.05) is 0 Å². The Hall–Kier alpha value is 0.439. The van der Waals surface area contributed by atoms with Crippen molar-refractivity contribution in [1.82, 2.24) is 0 Å². The first kappa shape index (κ1) is 9.06. The molecule has 0 aromatic rings. The second-order valence-corrected chi connectivity index (χ2v) is 0.664. The van der Waals surface area contributed by atoms with Crippen LogP contribution in [-0.2, 0) is 17.1 Å². The van der Waals surface area contributed by atoms with Gasteiger partial charge >= 0.3 is 17.1 Å². The Morgan fingerprint density at radius 2 is 1.40 bits per heavy atom. The Balaban J connectivity index is 0. The quantitative estimate of drug-likeness (QED) is 0.248. The minimum atomic E-state index is -0.417. The molecule has 0 rings (SSSR count). The van der Waals surface area contributed by atoms with Gasteiger partial charge < -0.3 is 18.4 Å². The maximum absolute atomic E-state index is 4.78. The molecule has 4 N–H and O–H groups in total. The average Bonchev–Trinajstić information content (AvgIpc) is 0.811. The van der Waals surface area contributed by atoms with Gasteiger partial charge in [-0.15, -0.1) is 0 Å². The molecule has 0 aromatic carbocycles. The fourth-order valence-corrected chi connectivity index (χ4v) is 0. The number of hydrogen-bond acceptors (Lipinski definition) is 2. The van der Waals surface area contributed by atoms with Crippen molar-refractivity contribution in [3.8, 4) is 0 Å². The molecule has 0 spiro atoms. The topological polar surface area (TPSA) is 52.0 Å². The van der Waals surface area contributed by atoms with Crippen molar-refractivity contribution in [1.29, 1.82) is 0 Å². The van der Waals surface area contributed by atoms with E-state index in [0.717, 1.165) is 0 Å². The van der Waals surface area contributed by atoms with E-state index in [1.807, 2.05) is 0 Å². The van der Waals surface area contributed by atoms with E-state index < -0.39 is 6.17 Å². The summed E-state index contributed by atoms with van der Waals surface area (Å²) in [6.07, 6.45) is -0.417. The van der Waals surface area contributed by atoms with E-state index in [1.54, 1.807) is 0 Å². The van der Waals surface area contributed by atoms with Crippen LogP contribution < -0.4 is 11.5 Å². The van der Waals surface area contributed by atoms with Gasteiger partial charge in [-0.2, -0.15) is 0 Å². The molecule has 0 radical (unpaired) electrons. The molecule has 0 saturated heterocycles. The van der Waals surface area contributed by atoms with Gasteiger partial charge in [-0.25, -0.2) is 0 Å². The molecule has 0 heterocycles. The van der Waals surface area contributed by atoms with Gasteiger partial charge in [-0.05, 0) is 0 Å². The van der Waals surface area contributed by atoms with Gasteiger partial charge in [-0.1, -0.05) is 6.17 Å². The second kappa shape index (κ2) is 4.44. The van der Waals surface area contributed by atoms with Crippen molar-refractivity contribution in [3.05, 3.63) is 6.92 Å². The van der Waals surface area contributed by atoms with Crippen molar-refractivity contribution >= 4 is 0 Å². The van der Waals surface area contributed by atoms with Crippen LogP contribution in [0.2, 0.25) is 0 Å². The molecule has 0 fully saturated rings. The summed E-state index contributed by atoms with van der Waals surface area (Å²) >= 11 is 0. The van der Waals surface area contributed by atoms with Gasteiger partial charge in [0.15, 0.2) is 0 Å². The summed E-state index contributed by atoms with van der Waals surface area (Å²) in [5.41, 5.74) is 9.56. The molecule has 0 aliphatic carbocycles. The first-order valence-corrected chi connectivity index (χ1v) is 1.07. The Morgan fingerprint density at radius 3 is 1.40 bits per heavy atom. The Labute approximate surface area is 42.4 Å². The third-order valence-corrected chi connectivity index (χ3v) is 0. The summed E-state index contributed by atoms with van der Waals surface area (Å²) in [4.78, 5) is 0. The molecule has 0 unspecified atom stereocenters. The van der Waals surface area contributed by atoms with E-state index in [0.29, 0.717) is 0 Å². The van der Waals surface area contributed by atoms with E-state index in [-0.39, 0.29) is 17.1 Å². The summed E-state index contributed by atoms with van der Waals surface area (Å²) in [6, 6.07) is 0. The second-order valence-electron chi connectivity index (χ2n) is 0.664. The third kappa shape index (κ3) is 137. The zero-order valence-electron chi connectivity index (χ0n) is 2.74. The molecule has 3 heteroatoms. The SMILES string of the molecule is [CH2-]C(N)N.[Cu+]. The molecule has 36 valence electrons. The molecule has 0 amide bonds. The summed E-state index contributed by atoms with van der Waals surface area (Å²) < 4.78 is 0. The zero-order valence-corrected chi connectivity index (χ0v) is 3.68. The van der Waals surface area contributed by atoms with Crippen molar-refractivity contribution < 1.29 is 17.1 Å². The summed E-state index contributed by atoms with van der Waals surface area (Å²) in [7, 11) is 0. The maximum atomic E-state index is 4.78. The largest absolute Gasteiger partial charge is 1.00 e. The summed E-state index contributed by atoms with van der Waals surface area (Å²) in [5, 5.41) is 0. The molecule has 0 aliphatic heterocycles. The number of hydrogen-bond donors (Lipinski definition) is 2. The molecule has 0 saturated carbocycles. The van der Waals surface area contributed by atoms with Gasteiger partial charge in [0, 0.05) is 0 Å². The summed E-state index contributed by atoms with van der Waals surface area (Å²) in [5.74, 6) is 0. The van der Waals surface area contributed by atoms with Crippen molar-refractivity contribution in [2.24, 2.45) is 11.5 Å². The molecule has 0 aromatic heterocycles. The Bertz CT molecular complexity index is 12.4. The van der Waals surface area contributed by atoms with Crippen LogP contribution in [0.3, 0.4) is 0 Å². The fourth-order valence-electron chi connectivity index (χ4n) is 0. The van der Waals surface area contributed by atoms with Crippen molar-refractivity contribution in [3.63, 3.8) is 0 Å². The first-order chi connectivity index (χ1) is 1.73. The van der Waals surface area contributed by atoms with E-state index >= 15 is 0 Å². The normalized spacial score (nSPS) is 7.20. The zero-order chi connectivity index (χ0) is 3.58. The number of nitrogens with two attached hydrogens (primary N) is 2. The van der Waals surface area contributed by atoms with Crippen molar-refractivity contribution in [2.45, 2.75) is 6.17 Å². The smallest absolute Gasteiger partial charge is 0.344 e. The molecule has 2 nitrogen and oxygen atoms in total. The molecule has 0 aliphatic rings. The Kier molecular flexibility index (Phi) is 8.05. The minimum Gasteiger partial charge on any atom is -0.344 e. The van der Waals surface area contributed by atoms with E-state index in [9.17, 15) is 0 Å². The molecule has 0 bridgehead atoms. The Morgan fingerprint density at radius 1 is 1.40 bits per heavy atom. The molecule has 0 atom stereocenters. The maximum Gasteiger partial charge on any atom is 1.00 e. The standard InChI is InChI=1S/C2H7N2.Cu/c1-2(3)4;/h2H,1,3-4H2;/q-1;+1. The predicted molar refractivity (Wildman–Crippen MR) is 17.5 cm³/mol. The van der Waals surface area contributed by atoms with Gasteiger partial charge in [-0.3, -0.25) is 0 Å². The van der Waals surface area contributed by atoms with Gasteiger partial charge in [0.1, 0.15) is 0 Å². The van der Waals surface area contributed by atoms with Crippen LogP contribution in [0.1, 0.15) is 0 Å². The first-order valence-electron chi connectivity index (χ1n) is 1.07. The van der Waals surface area contributed by atoms with E-state index in [4.69, 9.17) is 11.5 Å². The summed E-state index contributed by atoms with van der Waals surface area (Å²) in [6.45, 7) is 3.19. The minimum absolute atomic E-state index is 0. The van der Waals surface area contributed by atoms with Gasteiger partial charge in [0.05, 0.1) is 0 Å². The van der Waals surface area contributed by atoms with Crippen LogP contribution in [0.15, 0.2) is 0 Å². The van der Waals surface area contributed by atoms with Crippen LogP contribution in [0.4, 0.5) is 0 Å². The predicted octanol–water partition coefficient (Wildman–Crippen LogP) is -0.939. The van der Waals surface area contributed by atoms with Crippen LogP contribution in [0.25, 0.3) is 0 Å². The van der Waals surface area contributed by atoms with E-state index in [2.05, 4.69) is 6.92 Å². The van der Waals surface area contributed by atoms with Crippen LogP contribution >= 0.6 is 0 Å². The van der Waals surface area contributed by atoms with Gasteiger partial charge in [0.25, 0.3) is 0 Å². The van der Waals surface area contributed by atoms with Crippen LogP contribution in [0.5, 0.6) is 0 Å². The third-order valence-electron chi connectivity index (χ3n) is 0.